The maximum absolute atomic E-state index is 11.5. The maximum Gasteiger partial charge on any atom is 0.220 e. The second-order valence-electron chi connectivity index (χ2n) is 4.30. The highest BCUT2D eigenvalue weighted by Gasteiger charge is 2.20. The first-order valence-electron chi connectivity index (χ1n) is 6.12. The molecule has 0 aliphatic rings. The van der Waals surface area contributed by atoms with Crippen molar-refractivity contribution in [3.05, 3.63) is 0 Å². The van der Waals surface area contributed by atoms with Gasteiger partial charge >= 0.3 is 0 Å². The maximum atomic E-state index is 11.5. The second kappa shape index (κ2) is 10.8. The molecule has 0 bridgehead atoms. The number of rotatable bonds is 9. The Morgan fingerprint density at radius 3 is 2.35 bits per heavy atom. The average molecular weight is 267 g/mol. The molecule has 5 heteroatoms. The van der Waals surface area contributed by atoms with E-state index in [4.69, 9.17) is 10.5 Å². The molecule has 0 saturated heterocycles. The van der Waals surface area contributed by atoms with Crippen LogP contribution in [-0.4, -0.2) is 31.7 Å². The van der Waals surface area contributed by atoms with Crippen LogP contribution in [0.15, 0.2) is 0 Å². The molecule has 0 aromatic rings. The Labute approximate surface area is 111 Å². The van der Waals surface area contributed by atoms with E-state index in [9.17, 15) is 4.79 Å². The smallest absolute Gasteiger partial charge is 0.220 e. The summed E-state index contributed by atoms with van der Waals surface area (Å²) in [5.74, 6) is 0.0906. The SMILES string of the molecule is CCC(N)(CC)CNC(=O)CCCCOC.Cl. The highest BCUT2D eigenvalue weighted by Crippen LogP contribution is 2.09. The van der Waals surface area contributed by atoms with Crippen LogP contribution in [0, 0.1) is 0 Å². The predicted octanol–water partition coefficient (Wildman–Crippen LogP) is 1.86. The third kappa shape index (κ3) is 9.39. The van der Waals surface area contributed by atoms with Gasteiger partial charge in [0.1, 0.15) is 0 Å². The number of hydrogen-bond acceptors (Lipinski definition) is 3. The number of methoxy groups -OCH3 is 1. The summed E-state index contributed by atoms with van der Waals surface area (Å²) in [4.78, 5) is 11.5. The number of carbonyl (C=O) groups excluding carboxylic acids is 1. The zero-order valence-corrected chi connectivity index (χ0v) is 12.1. The van der Waals surface area contributed by atoms with E-state index in [1.807, 2.05) is 13.8 Å². The van der Waals surface area contributed by atoms with Crippen LogP contribution < -0.4 is 11.1 Å². The van der Waals surface area contributed by atoms with Crippen molar-refractivity contribution in [3.8, 4) is 0 Å². The number of carbonyl (C=O) groups is 1. The lowest BCUT2D eigenvalue weighted by Crippen LogP contribution is -2.49. The predicted molar refractivity (Wildman–Crippen MR) is 73.5 cm³/mol. The Hall–Kier alpha value is -0.320. The van der Waals surface area contributed by atoms with Crippen LogP contribution in [0.2, 0.25) is 0 Å². The fraction of sp³-hybridized carbons (Fsp3) is 0.917. The molecule has 0 spiro atoms. The summed E-state index contributed by atoms with van der Waals surface area (Å²) in [6.07, 6.45) is 4.13. The number of nitrogens with one attached hydrogen (secondary N) is 1. The number of hydrogen-bond donors (Lipinski definition) is 2. The molecule has 1 amide bonds. The van der Waals surface area contributed by atoms with Crippen molar-refractivity contribution in [2.45, 2.75) is 51.5 Å². The average Bonchev–Trinajstić information content (AvgIpc) is 2.31. The van der Waals surface area contributed by atoms with Gasteiger partial charge < -0.3 is 15.8 Å². The van der Waals surface area contributed by atoms with Gasteiger partial charge in [0.25, 0.3) is 0 Å². The van der Waals surface area contributed by atoms with Crippen LogP contribution in [0.5, 0.6) is 0 Å². The summed E-state index contributed by atoms with van der Waals surface area (Å²) in [6.45, 7) is 5.39. The molecule has 0 unspecified atom stereocenters. The lowest BCUT2D eigenvalue weighted by molar-refractivity contribution is -0.121. The van der Waals surface area contributed by atoms with Crippen LogP contribution in [0.3, 0.4) is 0 Å². The van der Waals surface area contributed by atoms with Crippen molar-refractivity contribution in [2.75, 3.05) is 20.3 Å². The van der Waals surface area contributed by atoms with E-state index in [1.165, 1.54) is 0 Å². The van der Waals surface area contributed by atoms with Crippen molar-refractivity contribution < 1.29 is 9.53 Å². The number of unbranched alkanes of at least 4 members (excludes halogenated alkanes) is 1. The fourth-order valence-corrected chi connectivity index (χ4v) is 1.39. The van der Waals surface area contributed by atoms with Gasteiger partial charge in [-0.2, -0.15) is 0 Å². The standard InChI is InChI=1S/C12H26N2O2.ClH/c1-4-12(13,5-2)10-14-11(15)8-6-7-9-16-3;/h4-10,13H2,1-3H3,(H,14,15);1H. The highest BCUT2D eigenvalue weighted by atomic mass is 35.5. The quantitative estimate of drug-likeness (QED) is 0.626. The molecular weight excluding hydrogens is 240 g/mol. The van der Waals surface area contributed by atoms with Gasteiger partial charge in [-0.3, -0.25) is 4.79 Å². The summed E-state index contributed by atoms with van der Waals surface area (Å²) in [7, 11) is 1.67. The van der Waals surface area contributed by atoms with Crippen LogP contribution in [0.1, 0.15) is 46.0 Å². The summed E-state index contributed by atoms with van der Waals surface area (Å²) in [6, 6.07) is 0. The molecule has 104 valence electrons. The van der Waals surface area contributed by atoms with Crippen LogP contribution >= 0.6 is 12.4 Å². The molecule has 17 heavy (non-hydrogen) atoms. The molecule has 0 atom stereocenters. The highest BCUT2D eigenvalue weighted by molar-refractivity contribution is 5.85. The molecule has 0 aliphatic carbocycles. The molecule has 3 N–H and O–H groups in total. The number of ether oxygens (including phenoxy) is 1. The number of halogens is 1. The third-order valence-corrected chi connectivity index (χ3v) is 3.05. The van der Waals surface area contributed by atoms with E-state index in [0.29, 0.717) is 13.0 Å². The third-order valence-electron chi connectivity index (χ3n) is 3.05. The minimum absolute atomic E-state index is 0. The largest absolute Gasteiger partial charge is 0.385 e. The molecule has 0 aliphatic heterocycles. The van der Waals surface area contributed by atoms with Gasteiger partial charge in [-0.15, -0.1) is 12.4 Å². The Balaban J connectivity index is 0. The van der Waals surface area contributed by atoms with E-state index in [-0.39, 0.29) is 23.9 Å². The topological polar surface area (TPSA) is 64.3 Å². The molecule has 0 saturated carbocycles. The van der Waals surface area contributed by atoms with Crippen molar-refractivity contribution in [2.24, 2.45) is 5.73 Å². The zero-order chi connectivity index (χ0) is 12.4. The minimum atomic E-state index is -0.248. The Morgan fingerprint density at radius 2 is 1.88 bits per heavy atom. The minimum Gasteiger partial charge on any atom is -0.385 e. The lowest BCUT2D eigenvalue weighted by Gasteiger charge is -2.26. The molecule has 0 radical (unpaired) electrons. The van der Waals surface area contributed by atoms with Crippen LogP contribution in [-0.2, 0) is 9.53 Å². The molecule has 0 aromatic carbocycles. The lowest BCUT2D eigenvalue weighted by atomic mass is 9.94. The van der Waals surface area contributed by atoms with E-state index in [0.717, 1.165) is 32.3 Å². The van der Waals surface area contributed by atoms with E-state index in [2.05, 4.69) is 5.32 Å². The van der Waals surface area contributed by atoms with Crippen LogP contribution in [0.4, 0.5) is 0 Å². The Morgan fingerprint density at radius 1 is 1.29 bits per heavy atom. The van der Waals surface area contributed by atoms with E-state index < -0.39 is 0 Å². The summed E-state index contributed by atoms with van der Waals surface area (Å²) in [5, 5.41) is 2.90. The summed E-state index contributed by atoms with van der Waals surface area (Å²) >= 11 is 0. The fourth-order valence-electron chi connectivity index (χ4n) is 1.39. The normalized spacial score (nSPS) is 10.8. The second-order valence-corrected chi connectivity index (χ2v) is 4.30. The molecular formula is C12H27ClN2O2. The first-order chi connectivity index (χ1) is 7.58. The molecule has 0 heterocycles. The van der Waals surface area contributed by atoms with Gasteiger partial charge in [0.05, 0.1) is 0 Å². The van der Waals surface area contributed by atoms with Crippen molar-refractivity contribution in [1.29, 1.82) is 0 Å². The van der Waals surface area contributed by atoms with E-state index >= 15 is 0 Å². The summed E-state index contributed by atoms with van der Waals surface area (Å²) in [5.41, 5.74) is 5.84. The van der Waals surface area contributed by atoms with Crippen molar-refractivity contribution in [1.82, 2.24) is 5.32 Å². The number of nitrogens with two attached hydrogens (primary N) is 1. The first-order valence-corrected chi connectivity index (χ1v) is 6.12. The van der Waals surface area contributed by atoms with Crippen molar-refractivity contribution >= 4 is 18.3 Å². The van der Waals surface area contributed by atoms with Crippen LogP contribution in [0.25, 0.3) is 0 Å². The molecule has 4 nitrogen and oxygen atoms in total. The summed E-state index contributed by atoms with van der Waals surface area (Å²) < 4.78 is 4.92. The molecule has 0 aromatic heterocycles. The Bertz CT molecular complexity index is 197. The molecule has 0 rings (SSSR count). The first kappa shape index (κ1) is 19.0. The zero-order valence-electron chi connectivity index (χ0n) is 11.3. The van der Waals surface area contributed by atoms with E-state index in [1.54, 1.807) is 7.11 Å². The van der Waals surface area contributed by atoms with Gasteiger partial charge in [0, 0.05) is 32.2 Å². The number of amides is 1. The monoisotopic (exact) mass is 266 g/mol. The molecule has 0 fully saturated rings. The van der Waals surface area contributed by atoms with Gasteiger partial charge in [-0.1, -0.05) is 13.8 Å². The van der Waals surface area contributed by atoms with Gasteiger partial charge in [0.15, 0.2) is 0 Å². The van der Waals surface area contributed by atoms with Gasteiger partial charge in [-0.05, 0) is 25.7 Å². The van der Waals surface area contributed by atoms with Gasteiger partial charge in [-0.25, -0.2) is 0 Å². The van der Waals surface area contributed by atoms with Crippen molar-refractivity contribution in [3.63, 3.8) is 0 Å². The Kier molecular flexibility index (Phi) is 12.1. The van der Waals surface area contributed by atoms with Gasteiger partial charge in [0.2, 0.25) is 5.91 Å².